The molecule has 0 aliphatic carbocycles. The largest absolute Gasteiger partial charge is 0.495 e. The van der Waals surface area contributed by atoms with Crippen LogP contribution in [0.25, 0.3) is 0 Å². The Balaban J connectivity index is 2.33. The Bertz CT molecular complexity index is 545. The quantitative estimate of drug-likeness (QED) is 0.878. The molecule has 106 valence electrons. The van der Waals surface area contributed by atoms with Crippen molar-refractivity contribution in [1.82, 2.24) is 10.3 Å². The maximum Gasteiger partial charge on any atom is 0.137 e. The molecule has 0 bridgehead atoms. The molecular weight excluding hydrogens is 272 g/mol. The minimum atomic E-state index is 0.112. The highest BCUT2D eigenvalue weighted by Crippen LogP contribution is 2.30. The van der Waals surface area contributed by atoms with E-state index in [0.717, 1.165) is 18.5 Å². The molecule has 0 amide bonds. The van der Waals surface area contributed by atoms with Gasteiger partial charge in [0.2, 0.25) is 0 Å². The van der Waals surface area contributed by atoms with Crippen molar-refractivity contribution in [3.05, 3.63) is 58.9 Å². The second-order valence-electron chi connectivity index (χ2n) is 4.56. The molecule has 3 nitrogen and oxygen atoms in total. The van der Waals surface area contributed by atoms with E-state index in [0.29, 0.717) is 10.8 Å². The second kappa shape index (κ2) is 7.27. The van der Waals surface area contributed by atoms with Gasteiger partial charge in [-0.3, -0.25) is 4.98 Å². The summed E-state index contributed by atoms with van der Waals surface area (Å²) >= 11 is 6.23. The first kappa shape index (κ1) is 14.8. The number of hydrogen-bond acceptors (Lipinski definition) is 3. The molecular formula is C16H19ClN2O. The SMILES string of the molecule is CCCNC(c1ccncc1)c1ccc(OC)c(Cl)c1. The third kappa shape index (κ3) is 3.50. The molecule has 2 aromatic rings. The molecule has 1 atom stereocenters. The number of halogens is 1. The number of ether oxygens (including phenoxy) is 1. The average Bonchev–Trinajstić information content (AvgIpc) is 2.49. The topological polar surface area (TPSA) is 34.2 Å². The maximum absolute atomic E-state index is 6.23. The van der Waals surface area contributed by atoms with Crippen LogP contribution in [-0.4, -0.2) is 18.6 Å². The fraction of sp³-hybridized carbons (Fsp3) is 0.312. The molecule has 1 aromatic heterocycles. The number of aromatic nitrogens is 1. The van der Waals surface area contributed by atoms with Gasteiger partial charge in [-0.2, -0.15) is 0 Å². The second-order valence-corrected chi connectivity index (χ2v) is 4.97. The average molecular weight is 291 g/mol. The normalized spacial score (nSPS) is 12.2. The number of rotatable bonds is 6. The number of nitrogens with one attached hydrogen (secondary N) is 1. The van der Waals surface area contributed by atoms with Gasteiger partial charge in [0.05, 0.1) is 18.2 Å². The predicted octanol–water partition coefficient (Wildman–Crippen LogP) is 3.83. The highest BCUT2D eigenvalue weighted by molar-refractivity contribution is 6.32. The van der Waals surface area contributed by atoms with Gasteiger partial charge < -0.3 is 10.1 Å². The summed E-state index contributed by atoms with van der Waals surface area (Å²) in [6.07, 6.45) is 4.69. The monoisotopic (exact) mass is 290 g/mol. The van der Waals surface area contributed by atoms with E-state index in [1.165, 1.54) is 5.56 Å². The first-order valence-corrected chi connectivity index (χ1v) is 7.10. The van der Waals surface area contributed by atoms with Crippen molar-refractivity contribution in [3.8, 4) is 5.75 Å². The predicted molar refractivity (Wildman–Crippen MR) is 82.4 cm³/mol. The van der Waals surface area contributed by atoms with Gasteiger partial charge in [0.1, 0.15) is 5.75 Å². The van der Waals surface area contributed by atoms with Crippen LogP contribution in [0.5, 0.6) is 5.75 Å². The van der Waals surface area contributed by atoms with Gasteiger partial charge in [0.25, 0.3) is 0 Å². The van der Waals surface area contributed by atoms with E-state index in [9.17, 15) is 0 Å². The zero-order valence-corrected chi connectivity index (χ0v) is 12.5. The van der Waals surface area contributed by atoms with E-state index >= 15 is 0 Å². The number of nitrogens with zero attached hydrogens (tertiary/aromatic N) is 1. The van der Waals surface area contributed by atoms with Gasteiger partial charge in [0.15, 0.2) is 0 Å². The van der Waals surface area contributed by atoms with Crippen LogP contribution in [0.3, 0.4) is 0 Å². The third-order valence-corrected chi connectivity index (χ3v) is 3.44. The van der Waals surface area contributed by atoms with Crippen LogP contribution in [0.15, 0.2) is 42.7 Å². The summed E-state index contributed by atoms with van der Waals surface area (Å²) in [5, 5.41) is 4.17. The van der Waals surface area contributed by atoms with Crippen molar-refractivity contribution < 1.29 is 4.74 Å². The summed E-state index contributed by atoms with van der Waals surface area (Å²) in [6.45, 7) is 3.09. The molecule has 0 saturated heterocycles. The van der Waals surface area contributed by atoms with Crippen molar-refractivity contribution in [3.63, 3.8) is 0 Å². The van der Waals surface area contributed by atoms with Crippen LogP contribution in [0.1, 0.15) is 30.5 Å². The smallest absolute Gasteiger partial charge is 0.137 e. The Labute approximate surface area is 124 Å². The van der Waals surface area contributed by atoms with Crippen molar-refractivity contribution in [2.45, 2.75) is 19.4 Å². The minimum Gasteiger partial charge on any atom is -0.495 e. The standard InChI is InChI=1S/C16H19ClN2O/c1-3-8-19-16(12-6-9-18-10-7-12)13-4-5-15(20-2)14(17)11-13/h4-7,9-11,16,19H,3,8H2,1-2H3. The Morgan fingerprint density at radius 1 is 1.20 bits per heavy atom. The lowest BCUT2D eigenvalue weighted by Gasteiger charge is -2.20. The molecule has 0 fully saturated rings. The number of hydrogen-bond donors (Lipinski definition) is 1. The highest BCUT2D eigenvalue weighted by atomic mass is 35.5. The van der Waals surface area contributed by atoms with Crippen LogP contribution in [0.2, 0.25) is 5.02 Å². The van der Waals surface area contributed by atoms with Crippen LogP contribution in [0, 0.1) is 0 Å². The molecule has 0 aliphatic rings. The van der Waals surface area contributed by atoms with E-state index in [2.05, 4.69) is 17.2 Å². The summed E-state index contributed by atoms with van der Waals surface area (Å²) in [6, 6.07) is 10.0. The van der Waals surface area contributed by atoms with Crippen LogP contribution in [-0.2, 0) is 0 Å². The lowest BCUT2D eigenvalue weighted by atomic mass is 9.99. The first-order chi connectivity index (χ1) is 9.76. The van der Waals surface area contributed by atoms with E-state index < -0.39 is 0 Å². The summed E-state index contributed by atoms with van der Waals surface area (Å²) in [7, 11) is 1.62. The molecule has 1 heterocycles. The Morgan fingerprint density at radius 3 is 2.55 bits per heavy atom. The van der Waals surface area contributed by atoms with Crippen molar-refractivity contribution >= 4 is 11.6 Å². The van der Waals surface area contributed by atoms with Crippen molar-refractivity contribution in [2.75, 3.05) is 13.7 Å². The fourth-order valence-corrected chi connectivity index (χ4v) is 2.40. The molecule has 1 unspecified atom stereocenters. The lowest BCUT2D eigenvalue weighted by Crippen LogP contribution is -2.23. The summed E-state index contributed by atoms with van der Waals surface area (Å²) in [4.78, 5) is 4.07. The van der Waals surface area contributed by atoms with Gasteiger partial charge in [-0.05, 0) is 48.4 Å². The van der Waals surface area contributed by atoms with Gasteiger partial charge in [-0.15, -0.1) is 0 Å². The Hall–Kier alpha value is -1.58. The van der Waals surface area contributed by atoms with Crippen LogP contribution in [0.4, 0.5) is 0 Å². The van der Waals surface area contributed by atoms with Gasteiger partial charge in [0, 0.05) is 12.4 Å². The minimum absolute atomic E-state index is 0.112. The van der Waals surface area contributed by atoms with Crippen LogP contribution >= 0.6 is 11.6 Å². The summed E-state index contributed by atoms with van der Waals surface area (Å²) in [5.74, 6) is 0.694. The van der Waals surface area contributed by atoms with E-state index in [-0.39, 0.29) is 6.04 Å². The Kier molecular flexibility index (Phi) is 5.39. The molecule has 1 N–H and O–H groups in total. The number of pyridine rings is 1. The van der Waals surface area contributed by atoms with E-state index in [4.69, 9.17) is 16.3 Å². The highest BCUT2D eigenvalue weighted by Gasteiger charge is 2.14. The third-order valence-electron chi connectivity index (χ3n) is 3.15. The van der Waals surface area contributed by atoms with Crippen LogP contribution < -0.4 is 10.1 Å². The zero-order chi connectivity index (χ0) is 14.4. The van der Waals surface area contributed by atoms with Crippen molar-refractivity contribution in [2.24, 2.45) is 0 Å². The van der Waals surface area contributed by atoms with E-state index in [1.807, 2.05) is 30.3 Å². The molecule has 1 aromatic carbocycles. The molecule has 4 heteroatoms. The molecule has 0 spiro atoms. The summed E-state index contributed by atoms with van der Waals surface area (Å²) < 4.78 is 5.20. The lowest BCUT2D eigenvalue weighted by molar-refractivity contribution is 0.414. The zero-order valence-electron chi connectivity index (χ0n) is 11.8. The fourth-order valence-electron chi connectivity index (χ4n) is 2.13. The van der Waals surface area contributed by atoms with Gasteiger partial charge in [-0.25, -0.2) is 0 Å². The molecule has 20 heavy (non-hydrogen) atoms. The van der Waals surface area contributed by atoms with E-state index in [1.54, 1.807) is 19.5 Å². The maximum atomic E-state index is 6.23. The summed E-state index contributed by atoms with van der Waals surface area (Å²) in [5.41, 5.74) is 2.30. The Morgan fingerprint density at radius 2 is 1.95 bits per heavy atom. The number of benzene rings is 1. The molecule has 2 rings (SSSR count). The molecule has 0 aliphatic heterocycles. The van der Waals surface area contributed by atoms with Gasteiger partial charge in [-0.1, -0.05) is 24.6 Å². The molecule has 0 saturated carbocycles. The number of methoxy groups -OCH3 is 1. The molecule has 0 radical (unpaired) electrons. The first-order valence-electron chi connectivity index (χ1n) is 6.73. The van der Waals surface area contributed by atoms with Gasteiger partial charge >= 0.3 is 0 Å². The van der Waals surface area contributed by atoms with Crippen molar-refractivity contribution in [1.29, 1.82) is 0 Å².